The van der Waals surface area contributed by atoms with Gasteiger partial charge in [-0.2, -0.15) is 5.10 Å². The summed E-state index contributed by atoms with van der Waals surface area (Å²) in [5.41, 5.74) is 2.92. The van der Waals surface area contributed by atoms with Crippen molar-refractivity contribution in [1.82, 2.24) is 18.9 Å². The molecule has 0 spiro atoms. The normalized spacial score (nSPS) is 14.8. The minimum Gasteiger partial charge on any atom is -0.340 e. The number of rotatable bonds is 6. The van der Waals surface area contributed by atoms with E-state index in [-0.39, 0.29) is 16.7 Å². The number of para-hydroxylation sites is 1. The number of hydrogen-bond donors (Lipinski definition) is 1. The minimum absolute atomic E-state index is 0.167. The molecule has 4 aromatic rings. The summed E-state index contributed by atoms with van der Waals surface area (Å²) in [6.45, 7) is 7.16. The molecule has 194 valence electrons. The van der Waals surface area contributed by atoms with Gasteiger partial charge in [0, 0.05) is 19.3 Å². The number of fused-ring (bicyclic) bond motifs is 1. The van der Waals surface area contributed by atoms with Crippen molar-refractivity contribution in [2.45, 2.75) is 71.9 Å². The average molecular weight is 500 g/mol. The molecule has 1 aliphatic carbocycles. The summed E-state index contributed by atoms with van der Waals surface area (Å²) in [6, 6.07) is 18.6. The van der Waals surface area contributed by atoms with Crippen molar-refractivity contribution in [1.29, 1.82) is 0 Å². The predicted octanol–water partition coefficient (Wildman–Crippen LogP) is 5.78. The van der Waals surface area contributed by atoms with Crippen molar-refractivity contribution >= 4 is 22.5 Å². The molecule has 0 bridgehead atoms. The van der Waals surface area contributed by atoms with Crippen LogP contribution >= 0.6 is 0 Å². The van der Waals surface area contributed by atoms with Crippen LogP contribution in [0.5, 0.6) is 0 Å². The van der Waals surface area contributed by atoms with E-state index < -0.39 is 0 Å². The van der Waals surface area contributed by atoms with Gasteiger partial charge in [0.15, 0.2) is 5.65 Å². The monoisotopic (exact) mass is 499 g/mol. The molecule has 7 nitrogen and oxygen atoms in total. The summed E-state index contributed by atoms with van der Waals surface area (Å²) < 4.78 is 4.65. The van der Waals surface area contributed by atoms with E-state index in [1.165, 1.54) is 49.3 Å². The van der Waals surface area contributed by atoms with Gasteiger partial charge in [-0.05, 0) is 47.4 Å². The molecule has 5 rings (SSSR count). The van der Waals surface area contributed by atoms with E-state index in [0.29, 0.717) is 35.9 Å². The molecule has 0 radical (unpaired) electrons. The van der Waals surface area contributed by atoms with Crippen LogP contribution in [0.4, 0.5) is 11.5 Å². The highest BCUT2D eigenvalue weighted by Gasteiger charge is 2.24. The molecule has 2 heterocycles. The number of aromatic nitrogens is 4. The van der Waals surface area contributed by atoms with Crippen LogP contribution in [-0.4, -0.2) is 18.9 Å². The molecule has 0 atom stereocenters. The maximum absolute atomic E-state index is 13.4. The van der Waals surface area contributed by atoms with E-state index in [1.807, 2.05) is 35.0 Å². The van der Waals surface area contributed by atoms with Crippen molar-refractivity contribution < 1.29 is 0 Å². The Bertz CT molecular complexity index is 1500. The predicted molar refractivity (Wildman–Crippen MR) is 150 cm³/mol. The maximum atomic E-state index is 13.4. The fourth-order valence-corrected chi connectivity index (χ4v) is 5.38. The number of hydrogen-bond acceptors (Lipinski definition) is 4. The Morgan fingerprint density at radius 2 is 1.62 bits per heavy atom. The molecule has 0 amide bonds. The van der Waals surface area contributed by atoms with Crippen LogP contribution in [0.2, 0.25) is 0 Å². The van der Waals surface area contributed by atoms with E-state index in [4.69, 9.17) is 5.10 Å². The third-order valence-electron chi connectivity index (χ3n) is 7.28. The molecule has 37 heavy (non-hydrogen) atoms. The van der Waals surface area contributed by atoms with Gasteiger partial charge in [-0.3, -0.25) is 13.9 Å². The summed E-state index contributed by atoms with van der Waals surface area (Å²) in [7, 11) is 1.54. The van der Waals surface area contributed by atoms with Gasteiger partial charge in [0.2, 0.25) is 0 Å². The lowest BCUT2D eigenvalue weighted by Gasteiger charge is -2.22. The first-order valence-corrected chi connectivity index (χ1v) is 13.3. The third-order valence-corrected chi connectivity index (χ3v) is 7.28. The molecule has 1 fully saturated rings. The Morgan fingerprint density at radius 1 is 0.946 bits per heavy atom. The SMILES string of the molecule is Cn1c(=O)c2c(Nc3ccccc3)n(Cc3ccc(C4CCCCC4)cc3)nc2n(CC(C)(C)C)c1=O. The van der Waals surface area contributed by atoms with Crippen molar-refractivity contribution in [2.24, 2.45) is 12.5 Å². The zero-order valence-electron chi connectivity index (χ0n) is 22.3. The lowest BCUT2D eigenvalue weighted by molar-refractivity contribution is 0.337. The first-order valence-electron chi connectivity index (χ1n) is 13.3. The van der Waals surface area contributed by atoms with E-state index in [2.05, 4.69) is 50.4 Å². The summed E-state index contributed by atoms with van der Waals surface area (Å²) >= 11 is 0. The van der Waals surface area contributed by atoms with Gasteiger partial charge in [0.1, 0.15) is 11.2 Å². The Balaban J connectivity index is 1.61. The Hall–Kier alpha value is -3.61. The third kappa shape index (κ3) is 5.26. The smallest absolute Gasteiger partial charge is 0.332 e. The second kappa shape index (κ2) is 10.0. The van der Waals surface area contributed by atoms with E-state index in [0.717, 1.165) is 11.3 Å². The number of anilines is 2. The molecule has 1 aliphatic rings. The summed E-state index contributed by atoms with van der Waals surface area (Å²) in [6.07, 6.45) is 6.50. The highest BCUT2D eigenvalue weighted by Crippen LogP contribution is 2.33. The molecule has 2 aromatic carbocycles. The van der Waals surface area contributed by atoms with Gasteiger partial charge in [0.25, 0.3) is 5.56 Å². The van der Waals surface area contributed by atoms with Gasteiger partial charge in [-0.25, -0.2) is 9.48 Å². The average Bonchev–Trinajstić information content (AvgIpc) is 3.24. The second-order valence-electron chi connectivity index (χ2n) is 11.6. The van der Waals surface area contributed by atoms with Crippen molar-refractivity contribution in [3.8, 4) is 0 Å². The zero-order chi connectivity index (χ0) is 26.2. The van der Waals surface area contributed by atoms with Crippen LogP contribution in [0.25, 0.3) is 11.0 Å². The van der Waals surface area contributed by atoms with E-state index in [9.17, 15) is 9.59 Å². The summed E-state index contributed by atoms with van der Waals surface area (Å²) in [5, 5.41) is 8.72. The van der Waals surface area contributed by atoms with Crippen LogP contribution in [-0.2, 0) is 20.1 Å². The molecule has 0 aliphatic heterocycles. The Kier molecular flexibility index (Phi) is 6.80. The second-order valence-corrected chi connectivity index (χ2v) is 11.6. The van der Waals surface area contributed by atoms with E-state index in [1.54, 1.807) is 4.57 Å². The largest absolute Gasteiger partial charge is 0.340 e. The fraction of sp³-hybridized carbons (Fsp3) is 0.433. The molecule has 2 aromatic heterocycles. The minimum atomic E-state index is -0.347. The molecule has 0 saturated heterocycles. The quantitative estimate of drug-likeness (QED) is 0.365. The standard InChI is InChI=1S/C30H37N5O2/c1-30(2,3)20-34-27-25(28(36)33(4)29(34)37)26(31-24-13-9-6-10-14-24)35(32-27)19-21-15-17-23(18-16-21)22-11-7-5-8-12-22/h6,9-10,13-18,22,31H,5,7-8,11-12,19-20H2,1-4H3. The molecule has 7 heteroatoms. The first kappa shape index (κ1) is 25.1. The lowest BCUT2D eigenvalue weighted by atomic mass is 9.84. The van der Waals surface area contributed by atoms with Crippen LogP contribution in [0.1, 0.15) is 69.9 Å². The fourth-order valence-electron chi connectivity index (χ4n) is 5.38. The van der Waals surface area contributed by atoms with E-state index >= 15 is 0 Å². The van der Waals surface area contributed by atoms with Crippen LogP contribution < -0.4 is 16.6 Å². The van der Waals surface area contributed by atoms with Gasteiger partial charge < -0.3 is 5.32 Å². The topological polar surface area (TPSA) is 73.8 Å². The highest BCUT2D eigenvalue weighted by atomic mass is 16.2. The number of nitrogens with zero attached hydrogens (tertiary/aromatic N) is 4. The van der Waals surface area contributed by atoms with Gasteiger partial charge in [0.05, 0.1) is 6.54 Å². The molecule has 1 saturated carbocycles. The van der Waals surface area contributed by atoms with Crippen molar-refractivity contribution in [2.75, 3.05) is 5.32 Å². The molecule has 1 N–H and O–H groups in total. The number of nitrogens with one attached hydrogen (secondary N) is 1. The molecular weight excluding hydrogens is 462 g/mol. The van der Waals surface area contributed by atoms with Crippen LogP contribution in [0.3, 0.4) is 0 Å². The van der Waals surface area contributed by atoms with Gasteiger partial charge in [-0.15, -0.1) is 0 Å². The first-order chi connectivity index (χ1) is 17.7. The van der Waals surface area contributed by atoms with Crippen LogP contribution in [0.15, 0.2) is 64.2 Å². The zero-order valence-corrected chi connectivity index (χ0v) is 22.3. The van der Waals surface area contributed by atoms with Crippen molar-refractivity contribution in [3.05, 3.63) is 86.6 Å². The Morgan fingerprint density at radius 3 is 2.27 bits per heavy atom. The summed E-state index contributed by atoms with van der Waals surface area (Å²) in [5.74, 6) is 1.25. The Labute approximate surface area is 217 Å². The highest BCUT2D eigenvalue weighted by molar-refractivity contribution is 5.89. The van der Waals surface area contributed by atoms with Crippen molar-refractivity contribution in [3.63, 3.8) is 0 Å². The van der Waals surface area contributed by atoms with Gasteiger partial charge in [-0.1, -0.05) is 82.5 Å². The molecule has 0 unspecified atom stereocenters. The summed E-state index contributed by atoms with van der Waals surface area (Å²) in [4.78, 5) is 26.6. The number of benzene rings is 2. The lowest BCUT2D eigenvalue weighted by Crippen LogP contribution is -2.40. The van der Waals surface area contributed by atoms with Gasteiger partial charge >= 0.3 is 5.69 Å². The molecular formula is C30H37N5O2. The maximum Gasteiger partial charge on any atom is 0.332 e. The van der Waals surface area contributed by atoms with Crippen LogP contribution in [0, 0.1) is 5.41 Å².